The predicted molar refractivity (Wildman–Crippen MR) is 115 cm³/mol. The number of sulfonamides is 1. The third-order valence-electron chi connectivity index (χ3n) is 5.39. The van der Waals surface area contributed by atoms with E-state index >= 15 is 0 Å². The largest absolute Gasteiger partial charge is 0.476 e. The van der Waals surface area contributed by atoms with E-state index in [1.54, 1.807) is 12.1 Å². The molecule has 0 spiro atoms. The molecule has 0 aliphatic carbocycles. The van der Waals surface area contributed by atoms with Crippen LogP contribution < -0.4 is 14.4 Å². The first-order valence-electron chi connectivity index (χ1n) is 9.60. The number of amides is 1. The van der Waals surface area contributed by atoms with Crippen LogP contribution in [0.15, 0.2) is 30.3 Å². The topological polar surface area (TPSA) is 75.7 Å². The standard InChI is InChI=1S/C22H28N2O4S/c1-13-7-8-19-20(9-13)28-21(12-24(19)29(6,26)27)22(25)23-17(5)18-11-15(3)14(2)10-16(18)4/h7-11,17,21H,12H2,1-6H3,(H,23,25). The minimum absolute atomic E-state index is 0.0562. The van der Waals surface area contributed by atoms with Crippen LogP contribution in [0.5, 0.6) is 5.75 Å². The Hall–Kier alpha value is -2.54. The van der Waals surface area contributed by atoms with E-state index < -0.39 is 16.1 Å². The van der Waals surface area contributed by atoms with Crippen LogP contribution in [-0.4, -0.2) is 33.2 Å². The first-order valence-corrected chi connectivity index (χ1v) is 11.5. The first kappa shape index (κ1) is 21.2. The van der Waals surface area contributed by atoms with Gasteiger partial charge in [-0.1, -0.05) is 18.2 Å². The zero-order valence-corrected chi connectivity index (χ0v) is 18.6. The van der Waals surface area contributed by atoms with E-state index in [9.17, 15) is 13.2 Å². The minimum atomic E-state index is -3.54. The van der Waals surface area contributed by atoms with Crippen molar-refractivity contribution in [2.75, 3.05) is 17.1 Å². The van der Waals surface area contributed by atoms with E-state index in [2.05, 4.69) is 24.4 Å². The highest BCUT2D eigenvalue weighted by atomic mass is 32.2. The molecule has 1 N–H and O–H groups in total. The van der Waals surface area contributed by atoms with Gasteiger partial charge in [0.05, 0.1) is 24.5 Å². The molecule has 1 aliphatic heterocycles. The molecule has 2 atom stereocenters. The summed E-state index contributed by atoms with van der Waals surface area (Å²) in [5.41, 5.74) is 5.89. The maximum absolute atomic E-state index is 13.0. The molecule has 0 radical (unpaired) electrons. The first-order chi connectivity index (χ1) is 13.5. The highest BCUT2D eigenvalue weighted by molar-refractivity contribution is 7.92. The van der Waals surface area contributed by atoms with Crippen LogP contribution in [0.25, 0.3) is 0 Å². The fourth-order valence-electron chi connectivity index (χ4n) is 3.65. The Bertz CT molecular complexity index is 1060. The number of rotatable bonds is 4. The molecular formula is C22H28N2O4S. The van der Waals surface area contributed by atoms with Crippen LogP contribution in [0.1, 0.15) is 40.8 Å². The number of nitrogens with zero attached hydrogens (tertiary/aromatic N) is 1. The third kappa shape index (κ3) is 4.40. The molecular weight excluding hydrogens is 388 g/mol. The van der Waals surface area contributed by atoms with Crippen molar-refractivity contribution in [2.45, 2.75) is 46.8 Å². The maximum Gasteiger partial charge on any atom is 0.263 e. The van der Waals surface area contributed by atoms with Crippen molar-refractivity contribution in [3.63, 3.8) is 0 Å². The molecule has 2 unspecified atom stereocenters. The molecule has 2 aromatic carbocycles. The summed E-state index contributed by atoms with van der Waals surface area (Å²) in [6.45, 7) is 9.88. The summed E-state index contributed by atoms with van der Waals surface area (Å²) in [5.74, 6) is 0.0628. The van der Waals surface area contributed by atoms with E-state index in [0.29, 0.717) is 11.4 Å². The van der Waals surface area contributed by atoms with Crippen LogP contribution >= 0.6 is 0 Å². The van der Waals surface area contributed by atoms with Gasteiger partial charge in [-0.3, -0.25) is 9.10 Å². The van der Waals surface area contributed by atoms with Crippen LogP contribution in [0.4, 0.5) is 5.69 Å². The Morgan fingerprint density at radius 1 is 1.10 bits per heavy atom. The number of benzene rings is 2. The molecule has 0 bridgehead atoms. The molecule has 6 nitrogen and oxygen atoms in total. The fraction of sp³-hybridized carbons (Fsp3) is 0.409. The van der Waals surface area contributed by atoms with Gasteiger partial charge in [-0.25, -0.2) is 8.42 Å². The van der Waals surface area contributed by atoms with Crippen LogP contribution in [0, 0.1) is 27.7 Å². The SMILES string of the molecule is Cc1ccc2c(c1)OC(C(=O)NC(C)c1cc(C)c(C)cc1C)CN2S(C)(=O)=O. The van der Waals surface area contributed by atoms with Gasteiger partial charge in [0.15, 0.2) is 6.10 Å². The second-order valence-electron chi connectivity index (χ2n) is 7.90. The van der Waals surface area contributed by atoms with Gasteiger partial charge in [-0.05, 0) is 74.6 Å². The van der Waals surface area contributed by atoms with Gasteiger partial charge in [-0.15, -0.1) is 0 Å². The lowest BCUT2D eigenvalue weighted by atomic mass is 9.96. The molecule has 0 aromatic heterocycles. The Morgan fingerprint density at radius 2 is 1.76 bits per heavy atom. The number of aryl methyl sites for hydroxylation is 4. The molecule has 1 amide bonds. The van der Waals surface area contributed by atoms with E-state index in [1.165, 1.54) is 9.87 Å². The van der Waals surface area contributed by atoms with E-state index in [0.717, 1.165) is 28.5 Å². The summed E-state index contributed by atoms with van der Waals surface area (Å²) in [5, 5.41) is 2.99. The Morgan fingerprint density at radius 3 is 2.41 bits per heavy atom. The quantitative estimate of drug-likeness (QED) is 0.830. The van der Waals surface area contributed by atoms with Gasteiger partial charge in [0, 0.05) is 0 Å². The molecule has 3 rings (SSSR count). The molecule has 1 aliphatic rings. The Balaban J connectivity index is 1.85. The van der Waals surface area contributed by atoms with Crippen molar-refractivity contribution >= 4 is 21.6 Å². The highest BCUT2D eigenvalue weighted by Crippen LogP contribution is 2.36. The van der Waals surface area contributed by atoms with Crippen molar-refractivity contribution in [1.29, 1.82) is 0 Å². The van der Waals surface area contributed by atoms with Crippen LogP contribution in [0.3, 0.4) is 0 Å². The van der Waals surface area contributed by atoms with Gasteiger partial charge >= 0.3 is 0 Å². The van der Waals surface area contributed by atoms with Crippen molar-refractivity contribution in [2.24, 2.45) is 0 Å². The summed E-state index contributed by atoms with van der Waals surface area (Å²) < 4.78 is 31.7. The second-order valence-corrected chi connectivity index (χ2v) is 9.80. The van der Waals surface area contributed by atoms with Crippen molar-refractivity contribution < 1.29 is 17.9 Å². The lowest BCUT2D eigenvalue weighted by molar-refractivity contribution is -0.128. The minimum Gasteiger partial charge on any atom is -0.476 e. The van der Waals surface area contributed by atoms with Crippen LogP contribution in [0.2, 0.25) is 0 Å². The number of carbonyl (C=O) groups excluding carboxylic acids is 1. The summed E-state index contributed by atoms with van der Waals surface area (Å²) in [7, 11) is -3.54. The van der Waals surface area contributed by atoms with Gasteiger partial charge in [0.1, 0.15) is 5.75 Å². The number of hydrogen-bond acceptors (Lipinski definition) is 4. The summed E-state index contributed by atoms with van der Waals surface area (Å²) in [6, 6.07) is 9.25. The predicted octanol–water partition coefficient (Wildman–Crippen LogP) is 3.32. The number of nitrogens with one attached hydrogen (secondary N) is 1. The van der Waals surface area contributed by atoms with Crippen LogP contribution in [-0.2, 0) is 14.8 Å². The number of carbonyl (C=O) groups is 1. The van der Waals surface area contributed by atoms with Crippen molar-refractivity contribution in [1.82, 2.24) is 5.32 Å². The molecule has 0 saturated carbocycles. The molecule has 0 saturated heterocycles. The van der Waals surface area contributed by atoms with E-state index in [1.807, 2.05) is 33.8 Å². The number of fused-ring (bicyclic) bond motifs is 1. The molecule has 156 valence electrons. The van der Waals surface area contributed by atoms with Crippen molar-refractivity contribution in [3.05, 3.63) is 58.1 Å². The molecule has 7 heteroatoms. The normalized spacial score (nSPS) is 17.3. The lowest BCUT2D eigenvalue weighted by Crippen LogP contribution is -2.50. The smallest absolute Gasteiger partial charge is 0.263 e. The summed E-state index contributed by atoms with van der Waals surface area (Å²) >= 11 is 0. The number of hydrogen-bond donors (Lipinski definition) is 1. The van der Waals surface area contributed by atoms with Gasteiger partial charge in [0.2, 0.25) is 10.0 Å². The van der Waals surface area contributed by atoms with Gasteiger partial charge < -0.3 is 10.1 Å². The van der Waals surface area contributed by atoms with Crippen molar-refractivity contribution in [3.8, 4) is 5.75 Å². The average molecular weight is 417 g/mol. The fourth-order valence-corrected chi connectivity index (χ4v) is 4.56. The molecule has 29 heavy (non-hydrogen) atoms. The second kappa shape index (κ2) is 7.71. The Kier molecular flexibility index (Phi) is 5.63. The average Bonchev–Trinajstić information content (AvgIpc) is 2.62. The molecule has 2 aromatic rings. The van der Waals surface area contributed by atoms with Gasteiger partial charge in [-0.2, -0.15) is 0 Å². The van der Waals surface area contributed by atoms with Gasteiger partial charge in [0.25, 0.3) is 5.91 Å². The maximum atomic E-state index is 13.0. The van der Waals surface area contributed by atoms with E-state index in [-0.39, 0.29) is 18.5 Å². The number of ether oxygens (including phenoxy) is 1. The monoisotopic (exact) mass is 416 g/mol. The zero-order valence-electron chi connectivity index (χ0n) is 17.7. The molecule has 1 heterocycles. The number of anilines is 1. The highest BCUT2D eigenvalue weighted by Gasteiger charge is 2.35. The van der Waals surface area contributed by atoms with E-state index in [4.69, 9.17) is 4.74 Å². The molecule has 0 fully saturated rings. The zero-order chi connectivity index (χ0) is 21.5. The summed E-state index contributed by atoms with van der Waals surface area (Å²) in [6.07, 6.45) is 0.214. The lowest BCUT2D eigenvalue weighted by Gasteiger charge is -2.34. The summed E-state index contributed by atoms with van der Waals surface area (Å²) in [4.78, 5) is 13.0. The third-order valence-corrected chi connectivity index (χ3v) is 6.53. The Labute approximate surface area is 172 Å².